The number of nitrogens with zero attached hydrogens (tertiary/aromatic N) is 2. The summed E-state index contributed by atoms with van der Waals surface area (Å²) in [5, 5.41) is 3.97. The summed E-state index contributed by atoms with van der Waals surface area (Å²) in [5.74, 6) is 5.46. The van der Waals surface area contributed by atoms with Gasteiger partial charge in [0.15, 0.2) is 0 Å². The first-order valence-electron chi connectivity index (χ1n) is 5.75. The van der Waals surface area contributed by atoms with Crippen molar-refractivity contribution in [2.75, 3.05) is 5.73 Å². The lowest BCUT2D eigenvalue weighted by Gasteiger charge is -2.20. The van der Waals surface area contributed by atoms with E-state index in [9.17, 15) is 13.2 Å². The standard InChI is InChI=1S/C12H14F3N5/c1-20-10(4-5-18-20)11(19-17)8-6-7(12(13,14)15)2-3-9(8)16/h2-6,11,19H,16-17H2,1H3. The van der Waals surface area contributed by atoms with E-state index in [1.807, 2.05) is 0 Å². The number of aryl methyl sites for hydroxylation is 1. The molecule has 20 heavy (non-hydrogen) atoms. The average molecular weight is 285 g/mol. The zero-order chi connectivity index (χ0) is 14.9. The van der Waals surface area contributed by atoms with Crippen LogP contribution in [0, 0.1) is 0 Å². The average Bonchev–Trinajstić information content (AvgIpc) is 2.78. The molecule has 5 N–H and O–H groups in total. The van der Waals surface area contributed by atoms with E-state index < -0.39 is 17.8 Å². The van der Waals surface area contributed by atoms with Gasteiger partial charge in [-0.15, -0.1) is 0 Å². The fourth-order valence-electron chi connectivity index (χ4n) is 2.00. The van der Waals surface area contributed by atoms with E-state index in [0.29, 0.717) is 5.69 Å². The number of anilines is 1. The third-order valence-corrected chi connectivity index (χ3v) is 3.05. The monoisotopic (exact) mass is 285 g/mol. The van der Waals surface area contributed by atoms with Crippen molar-refractivity contribution in [2.45, 2.75) is 12.2 Å². The van der Waals surface area contributed by atoms with Crippen LogP contribution in [0.1, 0.15) is 22.9 Å². The number of rotatable bonds is 3. The Morgan fingerprint density at radius 3 is 2.50 bits per heavy atom. The van der Waals surface area contributed by atoms with Gasteiger partial charge in [-0.05, 0) is 29.8 Å². The quantitative estimate of drug-likeness (QED) is 0.454. The first kappa shape index (κ1) is 14.4. The molecule has 0 bridgehead atoms. The molecule has 8 heteroatoms. The predicted octanol–water partition coefficient (Wildman–Crippen LogP) is 1.57. The number of benzene rings is 1. The largest absolute Gasteiger partial charge is 0.416 e. The Labute approximate surface area is 113 Å². The SMILES string of the molecule is Cn1nccc1C(NN)c1cc(C(F)(F)F)ccc1N. The van der Waals surface area contributed by atoms with Crippen LogP contribution in [0.15, 0.2) is 30.5 Å². The number of hydrazine groups is 1. The zero-order valence-corrected chi connectivity index (χ0v) is 10.6. The lowest BCUT2D eigenvalue weighted by molar-refractivity contribution is -0.137. The molecule has 0 fully saturated rings. The molecule has 0 radical (unpaired) electrons. The van der Waals surface area contributed by atoms with Crippen molar-refractivity contribution < 1.29 is 13.2 Å². The molecular weight excluding hydrogens is 271 g/mol. The highest BCUT2D eigenvalue weighted by atomic mass is 19.4. The van der Waals surface area contributed by atoms with Crippen LogP contribution in [0.2, 0.25) is 0 Å². The van der Waals surface area contributed by atoms with Gasteiger partial charge >= 0.3 is 6.18 Å². The van der Waals surface area contributed by atoms with Gasteiger partial charge in [0.2, 0.25) is 0 Å². The van der Waals surface area contributed by atoms with Crippen molar-refractivity contribution in [2.24, 2.45) is 12.9 Å². The van der Waals surface area contributed by atoms with Crippen LogP contribution in [-0.2, 0) is 13.2 Å². The van der Waals surface area contributed by atoms with Gasteiger partial charge < -0.3 is 5.73 Å². The summed E-state index contributed by atoms with van der Waals surface area (Å²) >= 11 is 0. The Morgan fingerprint density at radius 1 is 1.30 bits per heavy atom. The van der Waals surface area contributed by atoms with E-state index in [4.69, 9.17) is 11.6 Å². The highest BCUT2D eigenvalue weighted by Crippen LogP contribution is 2.34. The van der Waals surface area contributed by atoms with E-state index in [2.05, 4.69) is 10.5 Å². The summed E-state index contributed by atoms with van der Waals surface area (Å²) in [4.78, 5) is 0. The molecule has 0 aliphatic carbocycles. The van der Waals surface area contributed by atoms with Crippen molar-refractivity contribution in [1.29, 1.82) is 0 Å². The lowest BCUT2D eigenvalue weighted by Crippen LogP contribution is -2.31. The zero-order valence-electron chi connectivity index (χ0n) is 10.6. The van der Waals surface area contributed by atoms with Gasteiger partial charge in [0.1, 0.15) is 0 Å². The van der Waals surface area contributed by atoms with Crippen molar-refractivity contribution in [3.8, 4) is 0 Å². The number of aromatic nitrogens is 2. The molecule has 0 saturated heterocycles. The summed E-state index contributed by atoms with van der Waals surface area (Å²) in [6.07, 6.45) is -2.91. The maximum absolute atomic E-state index is 12.8. The molecule has 1 aromatic heterocycles. The molecule has 2 aromatic rings. The van der Waals surface area contributed by atoms with E-state index >= 15 is 0 Å². The second kappa shape index (κ2) is 5.14. The van der Waals surface area contributed by atoms with E-state index in [-0.39, 0.29) is 11.3 Å². The van der Waals surface area contributed by atoms with Crippen LogP contribution >= 0.6 is 0 Å². The van der Waals surface area contributed by atoms with E-state index in [1.54, 1.807) is 13.1 Å². The number of nitrogens with two attached hydrogens (primary N) is 2. The van der Waals surface area contributed by atoms with Crippen LogP contribution in [0.4, 0.5) is 18.9 Å². The molecule has 0 spiro atoms. The first-order valence-corrected chi connectivity index (χ1v) is 5.75. The summed E-state index contributed by atoms with van der Waals surface area (Å²) < 4.78 is 39.9. The minimum absolute atomic E-state index is 0.224. The van der Waals surface area contributed by atoms with Crippen LogP contribution in [0.25, 0.3) is 0 Å². The second-order valence-corrected chi connectivity index (χ2v) is 4.32. The summed E-state index contributed by atoms with van der Waals surface area (Å²) in [7, 11) is 1.67. The normalized spacial score (nSPS) is 13.4. The van der Waals surface area contributed by atoms with Crippen molar-refractivity contribution in [1.82, 2.24) is 15.2 Å². The fraction of sp³-hybridized carbons (Fsp3) is 0.250. The first-order chi connectivity index (χ1) is 9.34. The molecule has 2 rings (SSSR count). The van der Waals surface area contributed by atoms with Gasteiger partial charge in [0, 0.05) is 18.9 Å². The van der Waals surface area contributed by atoms with Crippen LogP contribution in [0.3, 0.4) is 0 Å². The number of nitrogens with one attached hydrogen (secondary N) is 1. The van der Waals surface area contributed by atoms with Crippen LogP contribution in [-0.4, -0.2) is 9.78 Å². The number of hydrogen-bond donors (Lipinski definition) is 3. The molecule has 0 saturated carbocycles. The Bertz CT molecular complexity index is 605. The van der Waals surface area contributed by atoms with Crippen LogP contribution in [0.5, 0.6) is 0 Å². The topological polar surface area (TPSA) is 81.9 Å². The van der Waals surface area contributed by atoms with Gasteiger partial charge in [-0.2, -0.15) is 18.3 Å². The predicted molar refractivity (Wildman–Crippen MR) is 68.2 cm³/mol. The molecule has 108 valence electrons. The molecule has 0 aliphatic heterocycles. The van der Waals surface area contributed by atoms with Crippen LogP contribution < -0.4 is 17.0 Å². The summed E-state index contributed by atoms with van der Waals surface area (Å²) in [5.41, 5.74) is 8.56. The Morgan fingerprint density at radius 2 is 2.00 bits per heavy atom. The highest BCUT2D eigenvalue weighted by Gasteiger charge is 2.32. The summed E-state index contributed by atoms with van der Waals surface area (Å²) in [6, 6.07) is 4.14. The molecular formula is C12H14F3N5. The Hall–Kier alpha value is -2.06. The van der Waals surface area contributed by atoms with Gasteiger partial charge in [-0.1, -0.05) is 0 Å². The van der Waals surface area contributed by atoms with Crippen molar-refractivity contribution in [3.05, 3.63) is 47.3 Å². The molecule has 5 nitrogen and oxygen atoms in total. The molecule has 1 unspecified atom stereocenters. The van der Waals surface area contributed by atoms with E-state index in [1.165, 1.54) is 16.9 Å². The fourth-order valence-corrected chi connectivity index (χ4v) is 2.00. The smallest absolute Gasteiger partial charge is 0.398 e. The lowest BCUT2D eigenvalue weighted by atomic mass is 9.99. The third-order valence-electron chi connectivity index (χ3n) is 3.05. The van der Waals surface area contributed by atoms with E-state index in [0.717, 1.165) is 12.1 Å². The number of halogens is 3. The minimum atomic E-state index is -4.44. The van der Waals surface area contributed by atoms with Gasteiger partial charge in [0.05, 0.1) is 17.3 Å². The Kier molecular flexibility index (Phi) is 3.69. The molecule has 1 atom stereocenters. The van der Waals surface area contributed by atoms with Crippen molar-refractivity contribution >= 4 is 5.69 Å². The summed E-state index contributed by atoms with van der Waals surface area (Å²) in [6.45, 7) is 0. The number of nitrogen functional groups attached to an aromatic ring is 1. The van der Waals surface area contributed by atoms with Gasteiger partial charge in [-0.3, -0.25) is 10.5 Å². The molecule has 0 aliphatic rings. The molecule has 1 aromatic carbocycles. The van der Waals surface area contributed by atoms with Crippen molar-refractivity contribution in [3.63, 3.8) is 0 Å². The number of alkyl halides is 3. The molecule has 0 amide bonds. The maximum Gasteiger partial charge on any atom is 0.416 e. The van der Waals surface area contributed by atoms with Gasteiger partial charge in [-0.25, -0.2) is 5.43 Å². The number of hydrogen-bond acceptors (Lipinski definition) is 4. The molecule has 1 heterocycles. The maximum atomic E-state index is 12.8. The van der Waals surface area contributed by atoms with Gasteiger partial charge in [0.25, 0.3) is 0 Å². The highest BCUT2D eigenvalue weighted by molar-refractivity contribution is 5.52. The Balaban J connectivity index is 2.52. The third kappa shape index (κ3) is 2.61. The minimum Gasteiger partial charge on any atom is -0.398 e. The second-order valence-electron chi connectivity index (χ2n) is 4.32.